The van der Waals surface area contributed by atoms with Gasteiger partial charge in [-0.05, 0) is 33.1 Å². The zero-order valence-electron chi connectivity index (χ0n) is 9.39. The molecule has 0 aromatic carbocycles. The first-order valence-corrected chi connectivity index (χ1v) is 4.94. The summed E-state index contributed by atoms with van der Waals surface area (Å²) in [5.41, 5.74) is -0.660. The zero-order chi connectivity index (χ0) is 11.0. The van der Waals surface area contributed by atoms with Gasteiger partial charge in [0.05, 0.1) is 5.54 Å². The van der Waals surface area contributed by atoms with Crippen LogP contribution in [0.15, 0.2) is 12.7 Å². The van der Waals surface area contributed by atoms with Gasteiger partial charge in [-0.2, -0.15) is 0 Å². The van der Waals surface area contributed by atoms with Crippen LogP contribution in [0.3, 0.4) is 0 Å². The van der Waals surface area contributed by atoms with Gasteiger partial charge in [-0.1, -0.05) is 13.0 Å². The number of carbonyl (C=O) groups excluding carboxylic acids is 1. The van der Waals surface area contributed by atoms with Gasteiger partial charge in [0.25, 0.3) is 0 Å². The van der Waals surface area contributed by atoms with Crippen LogP contribution in [0.2, 0.25) is 0 Å². The highest BCUT2D eigenvalue weighted by Gasteiger charge is 2.50. The Morgan fingerprint density at radius 3 is 2.43 bits per heavy atom. The normalized spacial score (nSPS) is 30.7. The number of hydrogen-bond donors (Lipinski definition) is 1. The summed E-state index contributed by atoms with van der Waals surface area (Å²) < 4.78 is 5.17. The average molecular weight is 197 g/mol. The summed E-state index contributed by atoms with van der Waals surface area (Å²) in [6.45, 7) is 11.4. The van der Waals surface area contributed by atoms with Crippen molar-refractivity contribution in [2.24, 2.45) is 5.92 Å². The van der Waals surface area contributed by atoms with Gasteiger partial charge < -0.3 is 10.1 Å². The highest BCUT2D eigenvalue weighted by Crippen LogP contribution is 2.43. The Kier molecular flexibility index (Phi) is 2.61. The van der Waals surface area contributed by atoms with Gasteiger partial charge in [0.1, 0.15) is 5.60 Å². The van der Waals surface area contributed by atoms with Crippen LogP contribution >= 0.6 is 0 Å². The molecule has 0 aliphatic heterocycles. The molecule has 1 aliphatic rings. The summed E-state index contributed by atoms with van der Waals surface area (Å²) in [7, 11) is 0. The lowest BCUT2D eigenvalue weighted by Crippen LogP contribution is -2.40. The SMILES string of the molecule is C=C[C@@]1(NC(=O)OC(C)(C)C)C[C@@H]1C. The fourth-order valence-corrected chi connectivity index (χ4v) is 1.45. The van der Waals surface area contributed by atoms with E-state index in [2.05, 4.69) is 18.8 Å². The van der Waals surface area contributed by atoms with E-state index in [9.17, 15) is 4.79 Å². The van der Waals surface area contributed by atoms with Crippen LogP contribution in [-0.4, -0.2) is 17.2 Å². The molecule has 1 aliphatic carbocycles. The van der Waals surface area contributed by atoms with Crippen molar-refractivity contribution in [1.29, 1.82) is 0 Å². The topological polar surface area (TPSA) is 38.3 Å². The Morgan fingerprint density at radius 1 is 1.64 bits per heavy atom. The first-order chi connectivity index (χ1) is 6.29. The highest BCUT2D eigenvalue weighted by molar-refractivity contribution is 5.70. The molecule has 0 radical (unpaired) electrons. The van der Waals surface area contributed by atoms with E-state index >= 15 is 0 Å². The zero-order valence-corrected chi connectivity index (χ0v) is 9.39. The molecule has 0 aromatic heterocycles. The van der Waals surface area contributed by atoms with Crippen molar-refractivity contribution >= 4 is 6.09 Å². The maximum absolute atomic E-state index is 11.4. The van der Waals surface area contributed by atoms with Crippen molar-refractivity contribution in [1.82, 2.24) is 5.32 Å². The van der Waals surface area contributed by atoms with Crippen LogP contribution in [-0.2, 0) is 4.74 Å². The molecule has 0 aromatic rings. The molecule has 0 bridgehead atoms. The highest BCUT2D eigenvalue weighted by atomic mass is 16.6. The lowest BCUT2D eigenvalue weighted by atomic mass is 10.2. The van der Waals surface area contributed by atoms with Crippen molar-refractivity contribution in [2.45, 2.75) is 45.3 Å². The Bertz CT molecular complexity index is 255. The van der Waals surface area contributed by atoms with Crippen LogP contribution in [0, 0.1) is 5.92 Å². The molecular formula is C11H19NO2. The second-order valence-corrected chi connectivity index (χ2v) is 4.98. The van der Waals surface area contributed by atoms with Gasteiger partial charge in [0.2, 0.25) is 0 Å². The number of amides is 1. The van der Waals surface area contributed by atoms with Crippen molar-refractivity contribution in [3.8, 4) is 0 Å². The third-order valence-electron chi connectivity index (χ3n) is 2.46. The summed E-state index contributed by atoms with van der Waals surface area (Å²) in [4.78, 5) is 11.4. The molecule has 0 unspecified atom stereocenters. The molecule has 0 saturated heterocycles. The molecule has 1 N–H and O–H groups in total. The van der Waals surface area contributed by atoms with E-state index in [-0.39, 0.29) is 11.6 Å². The predicted octanol–water partition coefficient (Wildman–Crippen LogP) is 2.48. The van der Waals surface area contributed by atoms with Crippen LogP contribution in [0.4, 0.5) is 4.79 Å². The minimum Gasteiger partial charge on any atom is -0.444 e. The number of ether oxygens (including phenoxy) is 1. The number of alkyl carbamates (subject to hydrolysis) is 1. The van der Waals surface area contributed by atoms with E-state index in [1.54, 1.807) is 6.08 Å². The summed E-state index contributed by atoms with van der Waals surface area (Å²) in [6.07, 6.45) is 2.39. The lowest BCUT2D eigenvalue weighted by Gasteiger charge is -2.22. The predicted molar refractivity (Wildman–Crippen MR) is 56.1 cm³/mol. The molecule has 1 fully saturated rings. The van der Waals surface area contributed by atoms with Gasteiger partial charge >= 0.3 is 6.09 Å². The largest absolute Gasteiger partial charge is 0.444 e. The molecule has 1 saturated carbocycles. The van der Waals surface area contributed by atoms with Crippen LogP contribution in [0.25, 0.3) is 0 Å². The van der Waals surface area contributed by atoms with Crippen LogP contribution < -0.4 is 5.32 Å². The molecule has 80 valence electrons. The fourth-order valence-electron chi connectivity index (χ4n) is 1.45. The van der Waals surface area contributed by atoms with E-state index < -0.39 is 5.60 Å². The van der Waals surface area contributed by atoms with Crippen LogP contribution in [0.1, 0.15) is 34.1 Å². The third-order valence-corrected chi connectivity index (χ3v) is 2.46. The molecule has 3 heteroatoms. The van der Waals surface area contributed by atoms with Crippen molar-refractivity contribution in [2.75, 3.05) is 0 Å². The summed E-state index contributed by atoms with van der Waals surface area (Å²) in [5.74, 6) is 0.465. The van der Waals surface area contributed by atoms with E-state index in [0.717, 1.165) is 6.42 Å². The molecule has 2 atom stereocenters. The quantitative estimate of drug-likeness (QED) is 0.691. The van der Waals surface area contributed by atoms with Gasteiger partial charge in [0.15, 0.2) is 0 Å². The third kappa shape index (κ3) is 2.50. The maximum atomic E-state index is 11.4. The Balaban J connectivity index is 2.46. The smallest absolute Gasteiger partial charge is 0.408 e. The summed E-state index contributed by atoms with van der Waals surface area (Å²) in [5, 5.41) is 2.84. The van der Waals surface area contributed by atoms with Crippen molar-refractivity contribution in [3.63, 3.8) is 0 Å². The van der Waals surface area contributed by atoms with Crippen LogP contribution in [0.5, 0.6) is 0 Å². The number of carbonyl (C=O) groups is 1. The molecule has 0 spiro atoms. The molecule has 3 nitrogen and oxygen atoms in total. The minimum absolute atomic E-state index is 0.220. The van der Waals surface area contributed by atoms with E-state index in [0.29, 0.717) is 5.92 Å². The second kappa shape index (κ2) is 3.30. The van der Waals surface area contributed by atoms with E-state index in [1.165, 1.54) is 0 Å². The van der Waals surface area contributed by atoms with Gasteiger partial charge in [-0.3, -0.25) is 0 Å². The first-order valence-electron chi connectivity index (χ1n) is 4.94. The molecule has 0 heterocycles. The number of nitrogens with one attached hydrogen (secondary N) is 1. The average Bonchev–Trinajstić information content (AvgIpc) is 2.58. The molecule has 1 rings (SSSR count). The van der Waals surface area contributed by atoms with E-state index in [1.807, 2.05) is 20.8 Å². The number of hydrogen-bond acceptors (Lipinski definition) is 2. The monoisotopic (exact) mass is 197 g/mol. The Morgan fingerprint density at radius 2 is 2.14 bits per heavy atom. The minimum atomic E-state index is -0.440. The molecular weight excluding hydrogens is 178 g/mol. The van der Waals surface area contributed by atoms with E-state index in [4.69, 9.17) is 4.74 Å². The molecule has 1 amide bonds. The second-order valence-electron chi connectivity index (χ2n) is 4.98. The summed E-state index contributed by atoms with van der Waals surface area (Å²) in [6, 6.07) is 0. The first kappa shape index (κ1) is 11.1. The fraction of sp³-hybridized carbons (Fsp3) is 0.727. The van der Waals surface area contributed by atoms with Gasteiger partial charge in [0, 0.05) is 0 Å². The van der Waals surface area contributed by atoms with Gasteiger partial charge in [-0.25, -0.2) is 4.79 Å². The summed E-state index contributed by atoms with van der Waals surface area (Å²) >= 11 is 0. The maximum Gasteiger partial charge on any atom is 0.408 e. The Hall–Kier alpha value is -0.990. The Labute approximate surface area is 85.5 Å². The van der Waals surface area contributed by atoms with Crippen molar-refractivity contribution < 1.29 is 9.53 Å². The lowest BCUT2D eigenvalue weighted by molar-refractivity contribution is 0.0505. The van der Waals surface area contributed by atoms with Crippen molar-refractivity contribution in [3.05, 3.63) is 12.7 Å². The number of rotatable bonds is 2. The van der Waals surface area contributed by atoms with Gasteiger partial charge in [-0.15, -0.1) is 6.58 Å². The standard InChI is InChI=1S/C11H19NO2/c1-6-11(7-8(11)2)12-9(13)14-10(3,4)5/h6,8H,1,7H2,2-5H3,(H,12,13)/t8-,11+/m0/s1. The molecule has 14 heavy (non-hydrogen) atoms.